The first-order valence-corrected chi connectivity index (χ1v) is 9.30. The minimum atomic E-state index is -2.25. The number of amides is 1. The van der Waals surface area contributed by atoms with Gasteiger partial charge in [0.2, 0.25) is 11.7 Å². The third-order valence-corrected chi connectivity index (χ3v) is 5.12. The quantitative estimate of drug-likeness (QED) is 0.448. The summed E-state index contributed by atoms with van der Waals surface area (Å²) in [4.78, 5) is 15.8. The molecular formula is C20H21F5N3O+. The van der Waals surface area contributed by atoms with Crippen LogP contribution >= 0.6 is 0 Å². The molecule has 0 unspecified atom stereocenters. The Bertz CT molecular complexity index is 867. The van der Waals surface area contributed by atoms with Gasteiger partial charge in [0, 0.05) is 16.9 Å². The summed E-state index contributed by atoms with van der Waals surface area (Å²) in [5.74, 6) is -11.3. The van der Waals surface area contributed by atoms with Crippen molar-refractivity contribution in [2.24, 2.45) is 0 Å². The number of benzene rings is 2. The van der Waals surface area contributed by atoms with Gasteiger partial charge in [-0.1, -0.05) is 0 Å². The molecule has 0 aromatic heterocycles. The number of nitrogens with zero attached hydrogens (tertiary/aromatic N) is 1. The number of piperazine rings is 1. The van der Waals surface area contributed by atoms with Crippen LogP contribution in [0.4, 0.5) is 33.3 Å². The van der Waals surface area contributed by atoms with Crippen LogP contribution in [0.25, 0.3) is 0 Å². The number of carbonyl (C=O) groups is 1. The molecule has 0 aliphatic carbocycles. The fraction of sp³-hybridized carbons (Fsp3) is 0.350. The van der Waals surface area contributed by atoms with Gasteiger partial charge in [-0.15, -0.1) is 0 Å². The van der Waals surface area contributed by atoms with Crippen LogP contribution in [-0.4, -0.2) is 38.6 Å². The van der Waals surface area contributed by atoms with Crippen LogP contribution in [0.1, 0.15) is 12.5 Å². The molecule has 1 aliphatic rings. The maximum Gasteiger partial charge on any atom is 0.229 e. The number of halogens is 5. The van der Waals surface area contributed by atoms with Crippen LogP contribution in [0.2, 0.25) is 0 Å². The van der Waals surface area contributed by atoms with Gasteiger partial charge in [0.15, 0.2) is 23.3 Å². The zero-order valence-electron chi connectivity index (χ0n) is 15.8. The molecule has 0 bridgehead atoms. The van der Waals surface area contributed by atoms with Gasteiger partial charge >= 0.3 is 0 Å². The van der Waals surface area contributed by atoms with E-state index >= 15 is 0 Å². The molecule has 29 heavy (non-hydrogen) atoms. The summed E-state index contributed by atoms with van der Waals surface area (Å²) < 4.78 is 67.0. The Morgan fingerprint density at radius 3 is 1.97 bits per heavy atom. The number of hydrogen-bond donors (Lipinski definition) is 2. The van der Waals surface area contributed by atoms with E-state index in [4.69, 9.17) is 0 Å². The predicted octanol–water partition coefficient (Wildman–Crippen LogP) is 2.29. The monoisotopic (exact) mass is 414 g/mol. The van der Waals surface area contributed by atoms with Crippen molar-refractivity contribution in [3.05, 3.63) is 58.9 Å². The van der Waals surface area contributed by atoms with E-state index in [1.54, 1.807) is 17.0 Å². The van der Waals surface area contributed by atoms with Gasteiger partial charge in [-0.25, -0.2) is 22.0 Å². The van der Waals surface area contributed by atoms with E-state index in [-0.39, 0.29) is 0 Å². The van der Waals surface area contributed by atoms with Gasteiger partial charge in [-0.3, -0.25) is 4.79 Å². The second-order valence-electron chi connectivity index (χ2n) is 6.91. The molecule has 3 rings (SSSR count). The van der Waals surface area contributed by atoms with E-state index in [1.165, 1.54) is 0 Å². The lowest BCUT2D eigenvalue weighted by Crippen LogP contribution is -3.14. The average molecular weight is 414 g/mol. The molecule has 0 spiro atoms. The largest absolute Gasteiger partial charge is 0.360 e. The van der Waals surface area contributed by atoms with E-state index in [9.17, 15) is 26.7 Å². The van der Waals surface area contributed by atoms with Crippen LogP contribution in [0.3, 0.4) is 0 Å². The van der Waals surface area contributed by atoms with Crippen LogP contribution in [-0.2, 0) is 11.2 Å². The molecule has 9 heteroatoms. The van der Waals surface area contributed by atoms with Crippen molar-refractivity contribution in [1.82, 2.24) is 0 Å². The van der Waals surface area contributed by atoms with Gasteiger partial charge in [-0.05, 0) is 31.2 Å². The molecule has 2 aromatic carbocycles. The maximum atomic E-state index is 13.7. The van der Waals surface area contributed by atoms with Gasteiger partial charge in [0.1, 0.15) is 0 Å². The lowest BCUT2D eigenvalue weighted by Gasteiger charge is -2.33. The fourth-order valence-electron chi connectivity index (χ4n) is 3.36. The van der Waals surface area contributed by atoms with E-state index in [1.807, 2.05) is 12.1 Å². The van der Waals surface area contributed by atoms with Crippen LogP contribution in [0.5, 0.6) is 0 Å². The SMILES string of the molecule is CC[NH+]1CCN(c2ccc(NC(=O)Cc3c(F)c(F)c(F)c(F)c3F)cc2)CC1. The molecule has 0 atom stereocenters. The third kappa shape index (κ3) is 4.50. The number of anilines is 2. The fourth-order valence-corrected chi connectivity index (χ4v) is 3.36. The molecule has 2 N–H and O–H groups in total. The molecule has 156 valence electrons. The van der Waals surface area contributed by atoms with E-state index in [0.717, 1.165) is 38.4 Å². The first-order chi connectivity index (χ1) is 13.8. The van der Waals surface area contributed by atoms with Crippen molar-refractivity contribution < 1.29 is 31.6 Å². The molecular weight excluding hydrogens is 393 g/mol. The summed E-state index contributed by atoms with van der Waals surface area (Å²) >= 11 is 0. The lowest BCUT2D eigenvalue weighted by molar-refractivity contribution is -0.898. The first-order valence-electron chi connectivity index (χ1n) is 9.30. The highest BCUT2D eigenvalue weighted by Gasteiger charge is 2.27. The molecule has 1 amide bonds. The topological polar surface area (TPSA) is 36.8 Å². The molecule has 0 saturated carbocycles. The summed E-state index contributed by atoms with van der Waals surface area (Å²) in [5.41, 5.74) is 0.185. The summed E-state index contributed by atoms with van der Waals surface area (Å²) in [6.07, 6.45) is -0.977. The van der Waals surface area contributed by atoms with Crippen molar-refractivity contribution in [3.63, 3.8) is 0 Å². The Morgan fingerprint density at radius 1 is 0.931 bits per heavy atom. The van der Waals surface area contributed by atoms with Crippen molar-refractivity contribution in [1.29, 1.82) is 0 Å². The molecule has 4 nitrogen and oxygen atoms in total. The van der Waals surface area contributed by atoms with Crippen LogP contribution < -0.4 is 15.1 Å². The number of quaternary nitrogens is 1. The van der Waals surface area contributed by atoms with Gasteiger partial charge in [0.05, 0.1) is 39.1 Å². The lowest BCUT2D eigenvalue weighted by atomic mass is 10.1. The smallest absolute Gasteiger partial charge is 0.229 e. The summed E-state index contributed by atoms with van der Waals surface area (Å²) in [6, 6.07) is 6.88. The molecule has 1 aliphatic heterocycles. The standard InChI is InChI=1S/C20H20F5N3O/c1-2-27-7-9-28(10-8-27)13-5-3-12(4-6-13)26-15(29)11-14-16(21)18(23)20(25)19(24)17(14)22/h3-6H,2,7-11H2,1H3,(H,26,29)/p+1. The third-order valence-electron chi connectivity index (χ3n) is 5.12. The second kappa shape index (κ2) is 8.77. The molecule has 1 saturated heterocycles. The highest BCUT2D eigenvalue weighted by molar-refractivity contribution is 5.92. The predicted molar refractivity (Wildman–Crippen MR) is 98.5 cm³/mol. The van der Waals surface area contributed by atoms with E-state index in [2.05, 4.69) is 17.1 Å². The Labute approximate surface area is 164 Å². The first kappa shape index (κ1) is 21.0. The number of rotatable bonds is 5. The minimum absolute atomic E-state index is 0.362. The Morgan fingerprint density at radius 2 is 1.45 bits per heavy atom. The molecule has 1 fully saturated rings. The van der Waals surface area contributed by atoms with Gasteiger partial charge in [0.25, 0.3) is 0 Å². The minimum Gasteiger partial charge on any atom is -0.360 e. The maximum absolute atomic E-state index is 13.7. The van der Waals surface area contributed by atoms with Crippen molar-refractivity contribution in [3.8, 4) is 0 Å². The van der Waals surface area contributed by atoms with E-state index in [0.29, 0.717) is 5.69 Å². The van der Waals surface area contributed by atoms with Crippen molar-refractivity contribution >= 4 is 17.3 Å². The van der Waals surface area contributed by atoms with Crippen LogP contribution in [0.15, 0.2) is 24.3 Å². The highest BCUT2D eigenvalue weighted by atomic mass is 19.2. The summed E-state index contributed by atoms with van der Waals surface area (Å²) in [5, 5.41) is 2.41. The van der Waals surface area contributed by atoms with Gasteiger partial charge in [-0.2, -0.15) is 0 Å². The number of likely N-dealkylation sites (N-methyl/N-ethyl adjacent to an activating group) is 1. The molecule has 0 radical (unpaired) electrons. The normalized spacial score (nSPS) is 14.9. The highest BCUT2D eigenvalue weighted by Crippen LogP contribution is 2.24. The number of carbonyl (C=O) groups excluding carboxylic acids is 1. The number of nitrogens with one attached hydrogen (secondary N) is 2. The molecule has 1 heterocycles. The Balaban J connectivity index is 1.65. The molecule has 2 aromatic rings. The Kier molecular flexibility index (Phi) is 6.36. The van der Waals surface area contributed by atoms with E-state index < -0.39 is 47.0 Å². The zero-order valence-corrected chi connectivity index (χ0v) is 15.8. The zero-order chi connectivity index (χ0) is 21.1. The summed E-state index contributed by atoms with van der Waals surface area (Å²) in [7, 11) is 0. The van der Waals surface area contributed by atoms with Crippen LogP contribution in [0, 0.1) is 29.1 Å². The second-order valence-corrected chi connectivity index (χ2v) is 6.91. The average Bonchev–Trinajstić information content (AvgIpc) is 2.74. The Hall–Kier alpha value is -2.68. The van der Waals surface area contributed by atoms with Crippen molar-refractivity contribution in [2.75, 3.05) is 42.9 Å². The number of hydrogen-bond acceptors (Lipinski definition) is 2. The van der Waals surface area contributed by atoms with Gasteiger partial charge < -0.3 is 15.1 Å². The van der Waals surface area contributed by atoms with Crippen molar-refractivity contribution in [2.45, 2.75) is 13.3 Å². The summed E-state index contributed by atoms with van der Waals surface area (Å²) in [6.45, 7) is 7.13.